The molecule has 0 spiro atoms. The van der Waals surface area contributed by atoms with E-state index < -0.39 is 0 Å². The molecule has 1 amide bonds. The molecule has 1 aromatic carbocycles. The Labute approximate surface area is 116 Å². The van der Waals surface area contributed by atoms with E-state index in [4.69, 9.17) is 5.73 Å². The Morgan fingerprint density at radius 1 is 1.21 bits per heavy atom. The lowest BCUT2D eigenvalue weighted by molar-refractivity contribution is -0.121. The molecule has 0 saturated heterocycles. The number of nitrogens with one attached hydrogen (secondary N) is 1. The molecule has 0 heterocycles. The summed E-state index contributed by atoms with van der Waals surface area (Å²) in [4.78, 5) is 11.9. The predicted molar refractivity (Wildman–Crippen MR) is 80.0 cm³/mol. The fraction of sp³-hybridized carbons (Fsp3) is 0.562. The number of nitrogens with two attached hydrogens (primary N) is 1. The molecule has 0 bridgehead atoms. The van der Waals surface area contributed by atoms with Gasteiger partial charge in [0.2, 0.25) is 5.91 Å². The summed E-state index contributed by atoms with van der Waals surface area (Å²) in [5, 5.41) is 2.94. The molecule has 0 fully saturated rings. The van der Waals surface area contributed by atoms with Crippen LogP contribution in [0.2, 0.25) is 0 Å². The fourth-order valence-electron chi connectivity index (χ4n) is 1.92. The van der Waals surface area contributed by atoms with Gasteiger partial charge in [0.15, 0.2) is 0 Å². The summed E-state index contributed by atoms with van der Waals surface area (Å²) >= 11 is 0. The Bertz CT molecular complexity index is 407. The van der Waals surface area contributed by atoms with Gasteiger partial charge in [-0.2, -0.15) is 0 Å². The largest absolute Gasteiger partial charge is 0.350 e. The summed E-state index contributed by atoms with van der Waals surface area (Å²) in [7, 11) is 0. The third-order valence-corrected chi connectivity index (χ3v) is 3.02. The minimum atomic E-state index is -0.339. The van der Waals surface area contributed by atoms with E-state index in [1.165, 1.54) is 5.56 Å². The zero-order valence-corrected chi connectivity index (χ0v) is 12.5. The zero-order valence-electron chi connectivity index (χ0n) is 12.5. The second kappa shape index (κ2) is 6.71. The standard InChI is InChI=1S/C16H26N2O/c1-12(2)9-13-5-7-14(8-6-13)10-15(19)18-16(3,4)11-17/h5-8,12H,9-11,17H2,1-4H3,(H,18,19). The van der Waals surface area contributed by atoms with Crippen LogP contribution in [0.15, 0.2) is 24.3 Å². The molecule has 0 aliphatic rings. The van der Waals surface area contributed by atoms with Gasteiger partial charge in [0.25, 0.3) is 0 Å². The van der Waals surface area contributed by atoms with Crippen molar-refractivity contribution < 1.29 is 4.79 Å². The normalized spacial score (nSPS) is 11.7. The van der Waals surface area contributed by atoms with Gasteiger partial charge in [0, 0.05) is 12.1 Å². The van der Waals surface area contributed by atoms with E-state index in [0.717, 1.165) is 12.0 Å². The van der Waals surface area contributed by atoms with Gasteiger partial charge in [-0.15, -0.1) is 0 Å². The van der Waals surface area contributed by atoms with Crippen molar-refractivity contribution in [2.75, 3.05) is 6.54 Å². The van der Waals surface area contributed by atoms with Crippen LogP contribution in [0.3, 0.4) is 0 Å². The van der Waals surface area contributed by atoms with Crippen molar-refractivity contribution in [1.82, 2.24) is 5.32 Å². The first-order valence-corrected chi connectivity index (χ1v) is 6.91. The SMILES string of the molecule is CC(C)Cc1ccc(CC(=O)NC(C)(C)CN)cc1. The van der Waals surface area contributed by atoms with Crippen molar-refractivity contribution in [3.05, 3.63) is 35.4 Å². The monoisotopic (exact) mass is 262 g/mol. The average Bonchev–Trinajstić information content (AvgIpc) is 2.30. The Morgan fingerprint density at radius 2 is 1.74 bits per heavy atom. The van der Waals surface area contributed by atoms with E-state index in [9.17, 15) is 4.79 Å². The molecule has 0 aliphatic carbocycles. The molecule has 19 heavy (non-hydrogen) atoms. The lowest BCUT2D eigenvalue weighted by Crippen LogP contribution is -2.49. The molecule has 3 nitrogen and oxygen atoms in total. The summed E-state index contributed by atoms with van der Waals surface area (Å²) < 4.78 is 0. The average molecular weight is 262 g/mol. The van der Waals surface area contributed by atoms with E-state index in [2.05, 4.69) is 31.3 Å². The van der Waals surface area contributed by atoms with Crippen LogP contribution in [0.25, 0.3) is 0 Å². The molecule has 0 saturated carbocycles. The van der Waals surface area contributed by atoms with Gasteiger partial charge >= 0.3 is 0 Å². The Balaban J connectivity index is 2.56. The molecule has 3 N–H and O–H groups in total. The highest BCUT2D eigenvalue weighted by molar-refractivity contribution is 5.79. The number of carbonyl (C=O) groups excluding carboxylic acids is 1. The van der Waals surface area contributed by atoms with Crippen molar-refractivity contribution in [2.24, 2.45) is 11.7 Å². The molecule has 1 aromatic rings. The molecule has 106 valence electrons. The highest BCUT2D eigenvalue weighted by Crippen LogP contribution is 2.10. The lowest BCUT2D eigenvalue weighted by Gasteiger charge is -2.24. The number of benzene rings is 1. The second-order valence-electron chi connectivity index (χ2n) is 6.23. The maximum Gasteiger partial charge on any atom is 0.224 e. The smallest absolute Gasteiger partial charge is 0.224 e. The van der Waals surface area contributed by atoms with Crippen LogP contribution in [0.5, 0.6) is 0 Å². The summed E-state index contributed by atoms with van der Waals surface area (Å²) in [6, 6.07) is 8.28. The van der Waals surface area contributed by atoms with Crippen LogP contribution in [-0.2, 0) is 17.6 Å². The van der Waals surface area contributed by atoms with Crippen LogP contribution in [-0.4, -0.2) is 18.0 Å². The van der Waals surface area contributed by atoms with Crippen LogP contribution < -0.4 is 11.1 Å². The third-order valence-electron chi connectivity index (χ3n) is 3.02. The predicted octanol–water partition coefficient (Wildman–Crippen LogP) is 2.28. The molecule has 0 aromatic heterocycles. The van der Waals surface area contributed by atoms with Gasteiger partial charge in [0.1, 0.15) is 0 Å². The van der Waals surface area contributed by atoms with Gasteiger partial charge in [-0.3, -0.25) is 4.79 Å². The highest BCUT2D eigenvalue weighted by atomic mass is 16.1. The van der Waals surface area contributed by atoms with Gasteiger partial charge in [-0.1, -0.05) is 38.1 Å². The summed E-state index contributed by atoms with van der Waals surface area (Å²) in [5.74, 6) is 0.673. The Hall–Kier alpha value is -1.35. The first-order valence-electron chi connectivity index (χ1n) is 6.91. The van der Waals surface area contributed by atoms with Gasteiger partial charge in [0.05, 0.1) is 6.42 Å². The van der Waals surface area contributed by atoms with E-state index >= 15 is 0 Å². The van der Waals surface area contributed by atoms with E-state index in [1.807, 2.05) is 26.0 Å². The Morgan fingerprint density at radius 3 is 2.21 bits per heavy atom. The van der Waals surface area contributed by atoms with Crippen LogP contribution in [0.1, 0.15) is 38.8 Å². The number of rotatable bonds is 6. The minimum absolute atomic E-state index is 0.0204. The third kappa shape index (κ3) is 5.88. The molecule has 0 unspecified atom stereocenters. The molecular weight excluding hydrogens is 236 g/mol. The Kier molecular flexibility index (Phi) is 5.55. The summed E-state index contributed by atoms with van der Waals surface area (Å²) in [5.41, 5.74) is 7.62. The number of amides is 1. The topological polar surface area (TPSA) is 55.1 Å². The minimum Gasteiger partial charge on any atom is -0.350 e. The van der Waals surface area contributed by atoms with Crippen LogP contribution >= 0.6 is 0 Å². The van der Waals surface area contributed by atoms with E-state index in [0.29, 0.717) is 18.9 Å². The molecule has 0 radical (unpaired) electrons. The summed E-state index contributed by atoms with van der Waals surface area (Å²) in [6.07, 6.45) is 1.48. The zero-order chi connectivity index (χ0) is 14.5. The maximum atomic E-state index is 11.9. The van der Waals surface area contributed by atoms with E-state index in [-0.39, 0.29) is 11.4 Å². The van der Waals surface area contributed by atoms with Crippen molar-refractivity contribution in [3.63, 3.8) is 0 Å². The molecular formula is C16H26N2O. The maximum absolute atomic E-state index is 11.9. The van der Waals surface area contributed by atoms with Crippen LogP contribution in [0, 0.1) is 5.92 Å². The van der Waals surface area contributed by atoms with Gasteiger partial charge in [-0.05, 0) is 37.3 Å². The fourth-order valence-corrected chi connectivity index (χ4v) is 1.92. The van der Waals surface area contributed by atoms with Crippen LogP contribution in [0.4, 0.5) is 0 Å². The van der Waals surface area contributed by atoms with Crippen molar-refractivity contribution >= 4 is 5.91 Å². The first kappa shape index (κ1) is 15.7. The lowest BCUT2D eigenvalue weighted by atomic mass is 10.0. The van der Waals surface area contributed by atoms with Crippen molar-refractivity contribution in [1.29, 1.82) is 0 Å². The van der Waals surface area contributed by atoms with Crippen molar-refractivity contribution in [3.8, 4) is 0 Å². The van der Waals surface area contributed by atoms with Crippen molar-refractivity contribution in [2.45, 2.75) is 46.1 Å². The number of carbonyl (C=O) groups is 1. The number of hydrogen-bond donors (Lipinski definition) is 2. The molecule has 1 rings (SSSR count). The molecule has 3 heteroatoms. The van der Waals surface area contributed by atoms with Gasteiger partial charge < -0.3 is 11.1 Å². The molecule has 0 aliphatic heterocycles. The highest BCUT2D eigenvalue weighted by Gasteiger charge is 2.18. The van der Waals surface area contributed by atoms with Gasteiger partial charge in [-0.25, -0.2) is 0 Å². The first-order chi connectivity index (χ1) is 8.82. The second-order valence-corrected chi connectivity index (χ2v) is 6.23. The quantitative estimate of drug-likeness (QED) is 0.826. The van der Waals surface area contributed by atoms with E-state index in [1.54, 1.807) is 0 Å². The number of hydrogen-bond acceptors (Lipinski definition) is 2. The summed E-state index contributed by atoms with van der Waals surface area (Å²) in [6.45, 7) is 8.70. The molecule has 0 atom stereocenters.